The van der Waals surface area contributed by atoms with Crippen molar-refractivity contribution in [3.63, 3.8) is 0 Å². The Labute approximate surface area is 115 Å². The Morgan fingerprint density at radius 3 is 2.74 bits per heavy atom. The number of imidazole rings is 1. The van der Waals surface area contributed by atoms with Gasteiger partial charge in [-0.05, 0) is 11.6 Å². The summed E-state index contributed by atoms with van der Waals surface area (Å²) >= 11 is 1.65. The van der Waals surface area contributed by atoms with Crippen molar-refractivity contribution in [3.05, 3.63) is 30.1 Å². The van der Waals surface area contributed by atoms with Gasteiger partial charge in [0.1, 0.15) is 13.2 Å². The minimum atomic E-state index is 0.577. The van der Waals surface area contributed by atoms with E-state index in [1.54, 1.807) is 18.0 Å². The van der Waals surface area contributed by atoms with Crippen LogP contribution in [0.15, 0.2) is 29.7 Å². The number of nitrogens with two attached hydrogens (primary N) is 1. The minimum Gasteiger partial charge on any atom is -0.486 e. The van der Waals surface area contributed by atoms with E-state index in [-0.39, 0.29) is 0 Å². The normalized spacial score (nSPS) is 13.5. The Hall–Kier alpha value is -1.82. The molecule has 5 nitrogen and oxygen atoms in total. The van der Waals surface area contributed by atoms with Crippen LogP contribution >= 0.6 is 11.8 Å². The molecule has 0 spiro atoms. The van der Waals surface area contributed by atoms with E-state index >= 15 is 0 Å². The van der Waals surface area contributed by atoms with E-state index in [4.69, 9.17) is 15.2 Å². The summed E-state index contributed by atoms with van der Waals surface area (Å²) in [5, 5.41) is 0.967. The number of benzene rings is 1. The number of hydrogen-bond acceptors (Lipinski definition) is 5. The molecule has 3 rings (SSSR count). The van der Waals surface area contributed by atoms with Crippen LogP contribution in [0.3, 0.4) is 0 Å². The average Bonchev–Trinajstić information content (AvgIpc) is 2.82. The number of nitrogen functional groups attached to an aromatic ring is 1. The highest BCUT2D eigenvalue weighted by Gasteiger charge is 2.15. The predicted octanol–water partition coefficient (Wildman–Crippen LogP) is 2.07. The maximum absolute atomic E-state index is 6.05. The van der Waals surface area contributed by atoms with E-state index in [9.17, 15) is 0 Å². The smallest absolute Gasteiger partial charge is 0.167 e. The molecule has 2 heterocycles. The fourth-order valence-electron chi connectivity index (χ4n) is 1.90. The van der Waals surface area contributed by atoms with E-state index in [0.717, 1.165) is 33.7 Å². The van der Waals surface area contributed by atoms with Crippen LogP contribution in [0.1, 0.15) is 5.56 Å². The topological polar surface area (TPSA) is 62.3 Å². The van der Waals surface area contributed by atoms with Crippen LogP contribution in [-0.2, 0) is 12.8 Å². The molecule has 0 radical (unpaired) electrons. The summed E-state index contributed by atoms with van der Waals surface area (Å²) in [5.41, 5.74) is 7.81. The van der Waals surface area contributed by atoms with E-state index < -0.39 is 0 Å². The van der Waals surface area contributed by atoms with Crippen LogP contribution < -0.4 is 15.2 Å². The minimum absolute atomic E-state index is 0.577. The summed E-state index contributed by atoms with van der Waals surface area (Å²) in [6.07, 6.45) is 3.71. The van der Waals surface area contributed by atoms with Gasteiger partial charge in [-0.1, -0.05) is 11.8 Å². The molecule has 1 aromatic heterocycles. The molecule has 0 saturated heterocycles. The van der Waals surface area contributed by atoms with Gasteiger partial charge in [0.2, 0.25) is 0 Å². The van der Waals surface area contributed by atoms with Crippen molar-refractivity contribution < 1.29 is 9.47 Å². The van der Waals surface area contributed by atoms with Crippen LogP contribution in [0.25, 0.3) is 0 Å². The Morgan fingerprint density at radius 2 is 2.05 bits per heavy atom. The van der Waals surface area contributed by atoms with Gasteiger partial charge in [-0.3, -0.25) is 0 Å². The second kappa shape index (κ2) is 5.05. The van der Waals surface area contributed by atoms with E-state index in [0.29, 0.717) is 13.2 Å². The summed E-state index contributed by atoms with van der Waals surface area (Å²) < 4.78 is 13.1. The Kier molecular flexibility index (Phi) is 3.25. The molecule has 2 aromatic rings. The maximum atomic E-state index is 6.05. The molecule has 6 heteroatoms. The molecule has 0 atom stereocenters. The van der Waals surface area contributed by atoms with Gasteiger partial charge in [0.15, 0.2) is 16.7 Å². The van der Waals surface area contributed by atoms with Gasteiger partial charge in [-0.15, -0.1) is 0 Å². The highest BCUT2D eigenvalue weighted by atomic mass is 32.2. The number of fused-ring (bicyclic) bond motifs is 1. The van der Waals surface area contributed by atoms with Gasteiger partial charge in [0.05, 0.1) is 0 Å². The molecular formula is C13H15N3O2S. The first kappa shape index (κ1) is 12.2. The molecule has 1 aromatic carbocycles. The zero-order valence-corrected chi connectivity index (χ0v) is 11.4. The van der Waals surface area contributed by atoms with Crippen molar-refractivity contribution in [1.82, 2.24) is 9.55 Å². The van der Waals surface area contributed by atoms with Gasteiger partial charge in [0.25, 0.3) is 0 Å². The summed E-state index contributed by atoms with van der Waals surface area (Å²) in [4.78, 5) is 4.28. The van der Waals surface area contributed by atoms with Crippen LogP contribution in [0.5, 0.6) is 11.5 Å². The number of anilines is 1. The number of aromatic nitrogens is 2. The van der Waals surface area contributed by atoms with E-state index in [1.165, 1.54) is 0 Å². The van der Waals surface area contributed by atoms with Gasteiger partial charge in [0, 0.05) is 36.9 Å². The van der Waals surface area contributed by atoms with Crippen molar-refractivity contribution in [3.8, 4) is 11.5 Å². The van der Waals surface area contributed by atoms with Crippen LogP contribution in [0, 0.1) is 0 Å². The third kappa shape index (κ3) is 2.49. The summed E-state index contributed by atoms with van der Waals surface area (Å²) in [6.45, 7) is 1.16. The van der Waals surface area contributed by atoms with Gasteiger partial charge < -0.3 is 19.8 Å². The third-order valence-corrected chi connectivity index (χ3v) is 4.04. The van der Waals surface area contributed by atoms with Crippen molar-refractivity contribution in [2.45, 2.75) is 10.9 Å². The van der Waals surface area contributed by atoms with Gasteiger partial charge in [-0.25, -0.2) is 4.98 Å². The van der Waals surface area contributed by atoms with Crippen LogP contribution in [-0.4, -0.2) is 22.8 Å². The highest BCUT2D eigenvalue weighted by Crippen LogP contribution is 2.36. The molecule has 0 unspecified atom stereocenters. The van der Waals surface area contributed by atoms with Crippen molar-refractivity contribution in [1.29, 1.82) is 0 Å². The lowest BCUT2D eigenvalue weighted by Gasteiger charge is -2.20. The monoisotopic (exact) mass is 277 g/mol. The molecular weight excluding hydrogens is 262 g/mol. The summed E-state index contributed by atoms with van der Waals surface area (Å²) in [7, 11) is 1.97. The lowest BCUT2D eigenvalue weighted by Crippen LogP contribution is -2.15. The average molecular weight is 277 g/mol. The first-order valence-corrected chi connectivity index (χ1v) is 7.01. The first-order chi connectivity index (χ1) is 9.24. The third-order valence-electron chi connectivity index (χ3n) is 2.94. The fraction of sp³-hybridized carbons (Fsp3) is 0.308. The van der Waals surface area contributed by atoms with E-state index in [1.807, 2.05) is 29.9 Å². The quantitative estimate of drug-likeness (QED) is 0.687. The molecule has 1 aliphatic heterocycles. The predicted molar refractivity (Wildman–Crippen MR) is 74.6 cm³/mol. The number of hydrogen-bond donors (Lipinski definition) is 1. The summed E-state index contributed by atoms with van der Waals surface area (Å²) in [6, 6.07) is 3.79. The van der Waals surface area contributed by atoms with Crippen molar-refractivity contribution in [2.24, 2.45) is 7.05 Å². The molecule has 0 amide bonds. The number of aryl methyl sites for hydroxylation is 1. The molecule has 0 fully saturated rings. The maximum Gasteiger partial charge on any atom is 0.167 e. The number of ether oxygens (including phenoxy) is 2. The first-order valence-electron chi connectivity index (χ1n) is 6.02. The molecule has 19 heavy (non-hydrogen) atoms. The number of rotatable bonds is 3. The van der Waals surface area contributed by atoms with Crippen LogP contribution in [0.4, 0.5) is 5.69 Å². The largest absolute Gasteiger partial charge is 0.486 e. The second-order valence-corrected chi connectivity index (χ2v) is 5.25. The standard InChI is InChI=1S/C13H15N3O2S/c1-16-3-2-15-13(16)19-8-9-6-11-12(7-10(9)14)18-5-4-17-11/h2-3,6-7H,4-5,8,14H2,1H3. The number of nitrogens with zero attached hydrogens (tertiary/aromatic N) is 2. The molecule has 0 aliphatic carbocycles. The fourth-order valence-corrected chi connectivity index (χ4v) is 2.84. The van der Waals surface area contributed by atoms with Gasteiger partial charge >= 0.3 is 0 Å². The Bertz CT molecular complexity index is 598. The van der Waals surface area contributed by atoms with Crippen molar-refractivity contribution in [2.75, 3.05) is 18.9 Å². The molecule has 0 saturated carbocycles. The zero-order chi connectivity index (χ0) is 13.2. The Balaban J connectivity index is 1.79. The number of thioether (sulfide) groups is 1. The lowest BCUT2D eigenvalue weighted by atomic mass is 10.2. The van der Waals surface area contributed by atoms with E-state index in [2.05, 4.69) is 4.98 Å². The molecule has 2 N–H and O–H groups in total. The zero-order valence-electron chi connectivity index (χ0n) is 10.6. The molecule has 1 aliphatic rings. The Morgan fingerprint density at radius 1 is 1.32 bits per heavy atom. The van der Waals surface area contributed by atoms with Gasteiger partial charge in [-0.2, -0.15) is 0 Å². The molecule has 100 valence electrons. The SMILES string of the molecule is Cn1ccnc1SCc1cc2c(cc1N)OCCO2. The second-order valence-electron chi connectivity index (χ2n) is 4.30. The highest BCUT2D eigenvalue weighted by molar-refractivity contribution is 7.98. The van der Waals surface area contributed by atoms with Crippen molar-refractivity contribution >= 4 is 17.4 Å². The summed E-state index contributed by atoms with van der Waals surface area (Å²) in [5.74, 6) is 2.26. The van der Waals surface area contributed by atoms with Crippen LogP contribution in [0.2, 0.25) is 0 Å². The lowest BCUT2D eigenvalue weighted by molar-refractivity contribution is 0.171. The molecule has 0 bridgehead atoms.